The normalized spacial score (nSPS) is 14.4. The molecule has 0 aliphatic heterocycles. The fourth-order valence-corrected chi connectivity index (χ4v) is 1.52. The van der Waals surface area contributed by atoms with Gasteiger partial charge in [-0.25, -0.2) is 0 Å². The van der Waals surface area contributed by atoms with Gasteiger partial charge in [0, 0.05) is 13.0 Å². The van der Waals surface area contributed by atoms with E-state index in [1.54, 1.807) is 13.8 Å². The topological polar surface area (TPSA) is 60.7 Å². The van der Waals surface area contributed by atoms with Gasteiger partial charge in [-0.15, -0.1) is 0 Å². The Labute approximate surface area is 86.8 Å². The molecule has 86 valence electrons. The molecule has 0 aliphatic rings. The molecule has 0 aromatic heterocycles. The standard InChI is InChI=1S/C11H24O3/c1-11(2,14)9-10(13)7-5-3-4-6-8-12/h10,12-14H,3-9H2,1-2H3. The summed E-state index contributed by atoms with van der Waals surface area (Å²) in [6.45, 7) is 3.68. The van der Waals surface area contributed by atoms with E-state index in [9.17, 15) is 10.2 Å². The molecule has 0 spiro atoms. The van der Waals surface area contributed by atoms with Crippen LogP contribution in [0.15, 0.2) is 0 Å². The lowest BCUT2D eigenvalue weighted by atomic mass is 9.97. The molecule has 0 aromatic carbocycles. The quantitative estimate of drug-likeness (QED) is 0.524. The molecule has 0 rings (SSSR count). The van der Waals surface area contributed by atoms with Gasteiger partial charge in [0.25, 0.3) is 0 Å². The lowest BCUT2D eigenvalue weighted by Crippen LogP contribution is -2.26. The second-order valence-electron chi connectivity index (χ2n) is 4.60. The van der Waals surface area contributed by atoms with E-state index in [0.29, 0.717) is 6.42 Å². The van der Waals surface area contributed by atoms with Crippen molar-refractivity contribution in [1.82, 2.24) is 0 Å². The van der Waals surface area contributed by atoms with E-state index in [1.807, 2.05) is 0 Å². The molecule has 0 fully saturated rings. The molecule has 0 bridgehead atoms. The summed E-state index contributed by atoms with van der Waals surface area (Å²) in [5.74, 6) is 0. The summed E-state index contributed by atoms with van der Waals surface area (Å²) < 4.78 is 0. The van der Waals surface area contributed by atoms with Crippen molar-refractivity contribution >= 4 is 0 Å². The van der Waals surface area contributed by atoms with Gasteiger partial charge in [-0.3, -0.25) is 0 Å². The highest BCUT2D eigenvalue weighted by atomic mass is 16.3. The maximum atomic E-state index is 9.53. The Morgan fingerprint density at radius 3 is 2.14 bits per heavy atom. The maximum absolute atomic E-state index is 9.53. The number of rotatable bonds is 8. The summed E-state index contributed by atoms with van der Waals surface area (Å²) in [5, 5.41) is 27.5. The molecular formula is C11H24O3. The van der Waals surface area contributed by atoms with Gasteiger partial charge < -0.3 is 15.3 Å². The van der Waals surface area contributed by atoms with Crippen molar-refractivity contribution in [2.45, 2.75) is 64.1 Å². The van der Waals surface area contributed by atoms with Crippen LogP contribution in [0.2, 0.25) is 0 Å². The largest absolute Gasteiger partial charge is 0.396 e. The van der Waals surface area contributed by atoms with E-state index >= 15 is 0 Å². The summed E-state index contributed by atoms with van der Waals surface area (Å²) in [5.41, 5.74) is -0.773. The number of unbranched alkanes of at least 4 members (excludes halogenated alkanes) is 3. The molecule has 0 amide bonds. The summed E-state index contributed by atoms with van der Waals surface area (Å²) in [6, 6.07) is 0. The molecule has 1 unspecified atom stereocenters. The Bertz CT molecular complexity index is 129. The van der Waals surface area contributed by atoms with Crippen molar-refractivity contribution in [3.8, 4) is 0 Å². The third-order valence-corrected chi connectivity index (χ3v) is 2.18. The summed E-state index contributed by atoms with van der Waals surface area (Å²) in [4.78, 5) is 0. The third kappa shape index (κ3) is 9.96. The van der Waals surface area contributed by atoms with Gasteiger partial charge in [-0.2, -0.15) is 0 Å². The fourth-order valence-electron chi connectivity index (χ4n) is 1.52. The molecule has 0 aromatic rings. The first kappa shape index (κ1) is 13.9. The lowest BCUT2D eigenvalue weighted by molar-refractivity contribution is 0.0150. The molecular weight excluding hydrogens is 180 g/mol. The Morgan fingerprint density at radius 2 is 1.64 bits per heavy atom. The fraction of sp³-hybridized carbons (Fsp3) is 1.00. The van der Waals surface area contributed by atoms with E-state index in [-0.39, 0.29) is 6.61 Å². The Morgan fingerprint density at radius 1 is 1.07 bits per heavy atom. The van der Waals surface area contributed by atoms with Gasteiger partial charge in [-0.05, 0) is 26.7 Å². The van der Waals surface area contributed by atoms with E-state index < -0.39 is 11.7 Å². The summed E-state index contributed by atoms with van der Waals surface area (Å²) in [6.07, 6.45) is 4.67. The van der Waals surface area contributed by atoms with E-state index in [1.165, 1.54) is 0 Å². The van der Waals surface area contributed by atoms with Gasteiger partial charge in [0.15, 0.2) is 0 Å². The van der Waals surface area contributed by atoms with Crippen LogP contribution in [-0.2, 0) is 0 Å². The second kappa shape index (κ2) is 7.21. The number of hydrogen-bond donors (Lipinski definition) is 3. The highest BCUT2D eigenvalue weighted by molar-refractivity contribution is 4.70. The molecule has 3 nitrogen and oxygen atoms in total. The first-order valence-electron chi connectivity index (χ1n) is 5.47. The van der Waals surface area contributed by atoms with Crippen LogP contribution in [0.1, 0.15) is 52.4 Å². The van der Waals surface area contributed by atoms with Crippen LogP contribution >= 0.6 is 0 Å². The van der Waals surface area contributed by atoms with Crippen molar-refractivity contribution in [2.75, 3.05) is 6.61 Å². The molecule has 3 heteroatoms. The first-order chi connectivity index (χ1) is 6.45. The minimum atomic E-state index is -0.773. The Hall–Kier alpha value is -0.120. The highest BCUT2D eigenvalue weighted by Gasteiger charge is 2.17. The molecule has 0 saturated carbocycles. The monoisotopic (exact) mass is 204 g/mol. The molecule has 14 heavy (non-hydrogen) atoms. The van der Waals surface area contributed by atoms with Gasteiger partial charge in [0.05, 0.1) is 11.7 Å². The molecule has 0 saturated heterocycles. The van der Waals surface area contributed by atoms with Crippen LogP contribution in [-0.4, -0.2) is 33.6 Å². The number of aliphatic hydroxyl groups is 3. The molecule has 0 aliphatic carbocycles. The summed E-state index contributed by atoms with van der Waals surface area (Å²) in [7, 11) is 0. The van der Waals surface area contributed by atoms with E-state index in [2.05, 4.69) is 0 Å². The van der Waals surface area contributed by atoms with Gasteiger partial charge in [-0.1, -0.05) is 19.3 Å². The van der Waals surface area contributed by atoms with Gasteiger partial charge in [0.1, 0.15) is 0 Å². The van der Waals surface area contributed by atoms with Gasteiger partial charge >= 0.3 is 0 Å². The second-order valence-corrected chi connectivity index (χ2v) is 4.60. The lowest BCUT2D eigenvalue weighted by Gasteiger charge is -2.21. The SMILES string of the molecule is CC(C)(O)CC(O)CCCCCCO. The predicted octanol–water partition coefficient (Wildman–Crippen LogP) is 1.45. The van der Waals surface area contributed by atoms with Crippen molar-refractivity contribution in [3.05, 3.63) is 0 Å². The minimum absolute atomic E-state index is 0.256. The van der Waals surface area contributed by atoms with Crippen LogP contribution in [0.5, 0.6) is 0 Å². The number of hydrogen-bond acceptors (Lipinski definition) is 3. The van der Waals surface area contributed by atoms with Crippen LogP contribution in [0.3, 0.4) is 0 Å². The molecule has 3 N–H and O–H groups in total. The van der Waals surface area contributed by atoms with Crippen molar-refractivity contribution in [1.29, 1.82) is 0 Å². The zero-order valence-electron chi connectivity index (χ0n) is 9.37. The maximum Gasteiger partial charge on any atom is 0.0616 e. The van der Waals surface area contributed by atoms with Gasteiger partial charge in [0.2, 0.25) is 0 Å². The van der Waals surface area contributed by atoms with Crippen molar-refractivity contribution < 1.29 is 15.3 Å². The van der Waals surface area contributed by atoms with Crippen molar-refractivity contribution in [2.24, 2.45) is 0 Å². The molecule has 1 atom stereocenters. The van der Waals surface area contributed by atoms with E-state index in [4.69, 9.17) is 5.11 Å². The minimum Gasteiger partial charge on any atom is -0.396 e. The Balaban J connectivity index is 3.31. The zero-order chi connectivity index (χ0) is 11.0. The third-order valence-electron chi connectivity index (χ3n) is 2.18. The van der Waals surface area contributed by atoms with Crippen LogP contribution in [0.25, 0.3) is 0 Å². The smallest absolute Gasteiger partial charge is 0.0616 e. The molecule has 0 radical (unpaired) electrons. The predicted molar refractivity (Wildman–Crippen MR) is 57.1 cm³/mol. The van der Waals surface area contributed by atoms with E-state index in [0.717, 1.165) is 32.1 Å². The molecule has 0 heterocycles. The van der Waals surface area contributed by atoms with Crippen LogP contribution < -0.4 is 0 Å². The Kier molecular flexibility index (Phi) is 7.15. The van der Waals surface area contributed by atoms with Crippen LogP contribution in [0.4, 0.5) is 0 Å². The van der Waals surface area contributed by atoms with Crippen molar-refractivity contribution in [3.63, 3.8) is 0 Å². The zero-order valence-corrected chi connectivity index (χ0v) is 9.37. The highest BCUT2D eigenvalue weighted by Crippen LogP contribution is 2.15. The average molecular weight is 204 g/mol. The average Bonchev–Trinajstić information content (AvgIpc) is 2.00. The first-order valence-corrected chi connectivity index (χ1v) is 5.47. The summed E-state index contributed by atoms with van der Waals surface area (Å²) >= 11 is 0. The number of aliphatic hydroxyl groups excluding tert-OH is 2. The van der Waals surface area contributed by atoms with Crippen LogP contribution in [0, 0.1) is 0 Å².